The van der Waals surface area contributed by atoms with Gasteiger partial charge in [0.05, 0.1) is 0 Å². The van der Waals surface area contributed by atoms with E-state index in [-0.39, 0.29) is 5.82 Å². The first kappa shape index (κ1) is 15.5. The number of nitrogens with one attached hydrogen (secondary N) is 1. The van der Waals surface area contributed by atoms with Crippen molar-refractivity contribution in [3.63, 3.8) is 0 Å². The minimum Gasteiger partial charge on any atom is -0.486 e. The largest absolute Gasteiger partial charge is 0.486 e. The van der Waals surface area contributed by atoms with Crippen LogP contribution >= 0.6 is 0 Å². The van der Waals surface area contributed by atoms with Crippen LogP contribution in [0.15, 0.2) is 42.5 Å². The third-order valence-electron chi connectivity index (χ3n) is 3.36. The van der Waals surface area contributed by atoms with E-state index in [2.05, 4.69) is 19.2 Å². The van der Waals surface area contributed by atoms with Gasteiger partial charge in [0.25, 0.3) is 0 Å². The Morgan fingerprint density at radius 1 is 1.14 bits per heavy atom. The molecule has 112 valence electrons. The quantitative estimate of drug-likeness (QED) is 0.859. The Morgan fingerprint density at radius 2 is 1.90 bits per heavy atom. The van der Waals surface area contributed by atoms with Gasteiger partial charge in [0.1, 0.15) is 6.61 Å². The van der Waals surface area contributed by atoms with Gasteiger partial charge in [-0.1, -0.05) is 44.2 Å². The van der Waals surface area contributed by atoms with E-state index in [4.69, 9.17) is 4.74 Å². The van der Waals surface area contributed by atoms with Crippen LogP contribution in [0, 0.1) is 12.7 Å². The first-order valence-electron chi connectivity index (χ1n) is 7.25. The Balaban J connectivity index is 1.99. The number of benzene rings is 2. The molecule has 0 aromatic heterocycles. The Hall–Kier alpha value is -1.87. The van der Waals surface area contributed by atoms with Gasteiger partial charge >= 0.3 is 0 Å². The molecule has 0 radical (unpaired) electrons. The molecule has 2 rings (SSSR count). The molecular weight excluding hydrogens is 265 g/mol. The average Bonchev–Trinajstić information content (AvgIpc) is 2.45. The van der Waals surface area contributed by atoms with E-state index in [0.717, 1.165) is 16.7 Å². The van der Waals surface area contributed by atoms with Crippen LogP contribution < -0.4 is 10.1 Å². The number of aryl methyl sites for hydroxylation is 1. The third-order valence-corrected chi connectivity index (χ3v) is 3.36. The molecule has 0 saturated heterocycles. The van der Waals surface area contributed by atoms with Crippen molar-refractivity contribution in [1.29, 1.82) is 0 Å². The van der Waals surface area contributed by atoms with Crippen LogP contribution in [-0.4, -0.2) is 6.04 Å². The van der Waals surface area contributed by atoms with Crippen LogP contribution in [0.25, 0.3) is 0 Å². The fourth-order valence-corrected chi connectivity index (χ4v) is 2.02. The number of rotatable bonds is 6. The van der Waals surface area contributed by atoms with E-state index in [1.165, 1.54) is 6.07 Å². The summed E-state index contributed by atoms with van der Waals surface area (Å²) in [6, 6.07) is 13.5. The molecule has 0 heterocycles. The molecule has 0 bridgehead atoms. The van der Waals surface area contributed by atoms with Crippen LogP contribution in [0.2, 0.25) is 0 Å². The zero-order chi connectivity index (χ0) is 15.2. The Labute approximate surface area is 126 Å². The summed E-state index contributed by atoms with van der Waals surface area (Å²) < 4.78 is 19.6. The summed E-state index contributed by atoms with van der Waals surface area (Å²) in [5.74, 6) is -0.0156. The zero-order valence-electron chi connectivity index (χ0n) is 12.8. The predicted molar refractivity (Wildman–Crippen MR) is 83.9 cm³/mol. The average molecular weight is 287 g/mol. The smallest absolute Gasteiger partial charge is 0.165 e. The molecule has 2 nitrogen and oxygen atoms in total. The van der Waals surface area contributed by atoms with Crippen molar-refractivity contribution in [2.75, 3.05) is 0 Å². The Morgan fingerprint density at radius 3 is 2.57 bits per heavy atom. The number of hydrogen-bond donors (Lipinski definition) is 1. The molecule has 0 aliphatic rings. The van der Waals surface area contributed by atoms with Crippen molar-refractivity contribution in [2.45, 2.75) is 40.0 Å². The maximum Gasteiger partial charge on any atom is 0.165 e. The normalized spacial score (nSPS) is 10.9. The first-order chi connectivity index (χ1) is 10.1. The molecule has 0 fully saturated rings. The number of hydrogen-bond acceptors (Lipinski definition) is 2. The van der Waals surface area contributed by atoms with Crippen molar-refractivity contribution in [3.05, 3.63) is 65.0 Å². The highest BCUT2D eigenvalue weighted by Crippen LogP contribution is 2.20. The molecule has 0 aliphatic carbocycles. The van der Waals surface area contributed by atoms with Gasteiger partial charge in [0.2, 0.25) is 0 Å². The Kier molecular flexibility index (Phi) is 5.34. The van der Waals surface area contributed by atoms with Crippen molar-refractivity contribution < 1.29 is 9.13 Å². The molecular formula is C18H22FNO. The molecule has 21 heavy (non-hydrogen) atoms. The summed E-state index contributed by atoms with van der Waals surface area (Å²) in [6.45, 7) is 7.20. The van der Waals surface area contributed by atoms with Gasteiger partial charge in [-0.3, -0.25) is 0 Å². The summed E-state index contributed by atoms with van der Waals surface area (Å²) in [7, 11) is 0. The monoisotopic (exact) mass is 287 g/mol. The first-order valence-corrected chi connectivity index (χ1v) is 7.25. The van der Waals surface area contributed by atoms with Crippen LogP contribution in [-0.2, 0) is 13.2 Å². The number of halogens is 1. The van der Waals surface area contributed by atoms with Gasteiger partial charge in [-0.05, 0) is 35.7 Å². The minimum absolute atomic E-state index is 0.298. The van der Waals surface area contributed by atoms with Gasteiger partial charge in [0, 0.05) is 12.6 Å². The SMILES string of the molecule is Cc1ccccc1COc1ccc(CNC(C)C)cc1F. The zero-order valence-corrected chi connectivity index (χ0v) is 12.8. The molecule has 2 aromatic carbocycles. The van der Waals surface area contributed by atoms with E-state index in [1.807, 2.05) is 37.3 Å². The van der Waals surface area contributed by atoms with Crippen molar-refractivity contribution in [2.24, 2.45) is 0 Å². The topological polar surface area (TPSA) is 21.3 Å². The summed E-state index contributed by atoms with van der Waals surface area (Å²) in [6.07, 6.45) is 0. The van der Waals surface area contributed by atoms with E-state index in [0.29, 0.717) is 24.9 Å². The lowest BCUT2D eigenvalue weighted by Crippen LogP contribution is -2.21. The standard InChI is InChI=1S/C18H22FNO/c1-13(2)20-11-15-8-9-18(17(19)10-15)21-12-16-7-5-4-6-14(16)3/h4-10,13,20H,11-12H2,1-3H3. The van der Waals surface area contributed by atoms with Gasteiger partial charge < -0.3 is 10.1 Å². The van der Waals surface area contributed by atoms with Crippen LogP contribution in [0.3, 0.4) is 0 Å². The minimum atomic E-state index is -0.313. The summed E-state index contributed by atoms with van der Waals surface area (Å²) >= 11 is 0. The molecule has 0 unspecified atom stereocenters. The fourth-order valence-electron chi connectivity index (χ4n) is 2.02. The Bertz CT molecular complexity index is 596. The van der Waals surface area contributed by atoms with E-state index < -0.39 is 0 Å². The molecule has 0 saturated carbocycles. The molecule has 0 spiro atoms. The third kappa shape index (κ3) is 4.57. The summed E-state index contributed by atoms with van der Waals surface area (Å²) in [4.78, 5) is 0. The van der Waals surface area contributed by atoms with Gasteiger partial charge in [-0.2, -0.15) is 0 Å². The summed E-state index contributed by atoms with van der Waals surface area (Å²) in [5.41, 5.74) is 3.14. The lowest BCUT2D eigenvalue weighted by atomic mass is 10.1. The molecule has 0 atom stereocenters. The highest BCUT2D eigenvalue weighted by Gasteiger charge is 2.06. The molecule has 2 aromatic rings. The lowest BCUT2D eigenvalue weighted by molar-refractivity contribution is 0.289. The highest BCUT2D eigenvalue weighted by atomic mass is 19.1. The van der Waals surface area contributed by atoms with Crippen molar-refractivity contribution >= 4 is 0 Å². The predicted octanol–water partition coefficient (Wildman–Crippen LogP) is 4.21. The second kappa shape index (κ2) is 7.23. The molecule has 1 N–H and O–H groups in total. The highest BCUT2D eigenvalue weighted by molar-refractivity contribution is 5.31. The van der Waals surface area contributed by atoms with Crippen molar-refractivity contribution in [3.8, 4) is 5.75 Å². The van der Waals surface area contributed by atoms with Crippen LogP contribution in [0.4, 0.5) is 4.39 Å². The van der Waals surface area contributed by atoms with Crippen molar-refractivity contribution in [1.82, 2.24) is 5.32 Å². The van der Waals surface area contributed by atoms with E-state index in [9.17, 15) is 4.39 Å². The second-order valence-corrected chi connectivity index (χ2v) is 5.52. The van der Waals surface area contributed by atoms with Crippen LogP contribution in [0.5, 0.6) is 5.75 Å². The van der Waals surface area contributed by atoms with Gasteiger partial charge in [-0.25, -0.2) is 4.39 Å². The summed E-state index contributed by atoms with van der Waals surface area (Å²) in [5, 5.41) is 3.27. The lowest BCUT2D eigenvalue weighted by Gasteiger charge is -2.11. The number of ether oxygens (including phenoxy) is 1. The fraction of sp³-hybridized carbons (Fsp3) is 0.333. The second-order valence-electron chi connectivity index (χ2n) is 5.52. The molecule has 0 amide bonds. The van der Waals surface area contributed by atoms with Gasteiger partial charge in [0.15, 0.2) is 11.6 Å². The van der Waals surface area contributed by atoms with Gasteiger partial charge in [-0.15, -0.1) is 0 Å². The molecule has 0 aliphatic heterocycles. The van der Waals surface area contributed by atoms with E-state index in [1.54, 1.807) is 6.07 Å². The maximum atomic E-state index is 14.0. The van der Waals surface area contributed by atoms with Crippen LogP contribution in [0.1, 0.15) is 30.5 Å². The molecule has 3 heteroatoms. The maximum absolute atomic E-state index is 14.0. The van der Waals surface area contributed by atoms with E-state index >= 15 is 0 Å².